The summed E-state index contributed by atoms with van der Waals surface area (Å²) in [4.78, 5) is 0. The van der Waals surface area contributed by atoms with Crippen molar-refractivity contribution in [3.63, 3.8) is 0 Å². The van der Waals surface area contributed by atoms with E-state index in [0.29, 0.717) is 0 Å². The Morgan fingerprint density at radius 1 is 0.750 bits per heavy atom. The fourth-order valence-electron chi connectivity index (χ4n) is 1.89. The summed E-state index contributed by atoms with van der Waals surface area (Å²) >= 11 is 11.7. The second-order valence-electron chi connectivity index (χ2n) is 4.48. The molecule has 124 valence electrons. The molecule has 0 bridgehead atoms. The van der Waals surface area contributed by atoms with Crippen LogP contribution in [0.15, 0.2) is 22.6 Å². The lowest BCUT2D eigenvalue weighted by Crippen LogP contribution is -2.04. The molecule has 2 aromatic carbocycles. The number of nitrogens with zero attached hydrogens (tertiary/aromatic N) is 2. The van der Waals surface area contributed by atoms with Crippen LogP contribution in [-0.2, 0) is 0 Å². The number of rotatable bonds is 2. The fourth-order valence-corrected chi connectivity index (χ4v) is 2.26. The second-order valence-corrected chi connectivity index (χ2v) is 5.33. The number of aromatic nitrogens is 2. The molecule has 0 saturated heterocycles. The van der Waals surface area contributed by atoms with Crippen molar-refractivity contribution in [2.75, 3.05) is 0 Å². The highest BCUT2D eigenvalue weighted by Gasteiger charge is 2.30. The Labute approximate surface area is 140 Å². The van der Waals surface area contributed by atoms with Crippen molar-refractivity contribution in [2.24, 2.45) is 0 Å². The highest BCUT2D eigenvalue weighted by molar-refractivity contribution is 6.35. The quantitative estimate of drug-likeness (QED) is 0.339. The van der Waals surface area contributed by atoms with E-state index < -0.39 is 40.5 Å². The van der Waals surface area contributed by atoms with Crippen LogP contribution in [-0.4, -0.2) is 10.2 Å². The molecule has 0 saturated carbocycles. The van der Waals surface area contributed by atoms with Gasteiger partial charge in [-0.3, -0.25) is 0 Å². The largest absolute Gasteiger partial charge is 0.416 e. The third-order valence-electron chi connectivity index (χ3n) is 3.01. The first-order valence-electron chi connectivity index (χ1n) is 6.12. The zero-order valence-electron chi connectivity index (χ0n) is 11.2. The molecular formula is C14H3Cl2F5N2O. The van der Waals surface area contributed by atoms with Crippen LogP contribution in [0.3, 0.4) is 0 Å². The first-order chi connectivity index (χ1) is 11.3. The summed E-state index contributed by atoms with van der Waals surface area (Å²) in [6.45, 7) is 0. The van der Waals surface area contributed by atoms with Crippen LogP contribution in [0.4, 0.5) is 22.0 Å². The maximum absolute atomic E-state index is 13.7. The van der Waals surface area contributed by atoms with E-state index in [-0.39, 0.29) is 21.5 Å². The molecular weight excluding hydrogens is 378 g/mol. The lowest BCUT2D eigenvalue weighted by molar-refractivity contribution is 0.378. The molecule has 0 atom stereocenters. The van der Waals surface area contributed by atoms with Gasteiger partial charge in [-0.05, 0) is 18.2 Å². The molecule has 0 radical (unpaired) electrons. The SMILES string of the molecule is Fc1c(F)c(F)c(-c2nnc(-c3cc(Cl)ccc3Cl)o2)c(F)c1F. The molecule has 0 unspecified atom stereocenters. The van der Waals surface area contributed by atoms with E-state index in [2.05, 4.69) is 10.2 Å². The Kier molecular flexibility index (Phi) is 4.18. The molecule has 0 amide bonds. The maximum Gasteiger partial charge on any atom is 0.254 e. The predicted octanol–water partition coefficient (Wildman–Crippen LogP) is 5.41. The third kappa shape index (κ3) is 2.61. The molecule has 24 heavy (non-hydrogen) atoms. The van der Waals surface area contributed by atoms with Gasteiger partial charge in [0.05, 0.1) is 10.6 Å². The van der Waals surface area contributed by atoms with E-state index in [1.165, 1.54) is 18.2 Å². The van der Waals surface area contributed by atoms with Gasteiger partial charge >= 0.3 is 0 Å². The first-order valence-corrected chi connectivity index (χ1v) is 6.87. The van der Waals surface area contributed by atoms with Crippen LogP contribution in [0.2, 0.25) is 10.0 Å². The van der Waals surface area contributed by atoms with Crippen molar-refractivity contribution in [1.82, 2.24) is 10.2 Å². The number of hydrogen-bond donors (Lipinski definition) is 0. The molecule has 10 heteroatoms. The zero-order valence-corrected chi connectivity index (χ0v) is 12.7. The van der Waals surface area contributed by atoms with E-state index >= 15 is 0 Å². The monoisotopic (exact) mass is 380 g/mol. The normalized spacial score (nSPS) is 11.1. The summed E-state index contributed by atoms with van der Waals surface area (Å²) in [5.74, 6) is -11.9. The van der Waals surface area contributed by atoms with E-state index in [9.17, 15) is 22.0 Å². The molecule has 3 aromatic rings. The fraction of sp³-hybridized carbons (Fsp3) is 0. The zero-order chi connectivity index (χ0) is 17.6. The summed E-state index contributed by atoms with van der Waals surface area (Å²) in [6, 6.07) is 4.20. The summed E-state index contributed by atoms with van der Waals surface area (Å²) in [5, 5.41) is 7.20. The topological polar surface area (TPSA) is 38.9 Å². The smallest absolute Gasteiger partial charge is 0.254 e. The van der Waals surface area contributed by atoms with Crippen molar-refractivity contribution in [1.29, 1.82) is 0 Å². The number of halogens is 7. The van der Waals surface area contributed by atoms with Gasteiger partial charge in [0.15, 0.2) is 23.3 Å². The lowest BCUT2D eigenvalue weighted by atomic mass is 10.1. The van der Waals surface area contributed by atoms with Gasteiger partial charge in [0.2, 0.25) is 11.7 Å². The van der Waals surface area contributed by atoms with Crippen LogP contribution in [0.5, 0.6) is 0 Å². The Morgan fingerprint density at radius 2 is 1.29 bits per heavy atom. The van der Waals surface area contributed by atoms with E-state index in [0.717, 1.165) is 0 Å². The van der Waals surface area contributed by atoms with Crippen LogP contribution >= 0.6 is 23.2 Å². The molecule has 1 heterocycles. The molecule has 3 nitrogen and oxygen atoms in total. The van der Waals surface area contributed by atoms with Crippen molar-refractivity contribution in [3.05, 3.63) is 57.3 Å². The Hall–Kier alpha value is -2.19. The van der Waals surface area contributed by atoms with E-state index in [4.69, 9.17) is 27.6 Å². The van der Waals surface area contributed by atoms with Gasteiger partial charge in [-0.15, -0.1) is 10.2 Å². The first kappa shape index (κ1) is 16.7. The van der Waals surface area contributed by atoms with Gasteiger partial charge in [0.1, 0.15) is 5.56 Å². The number of benzene rings is 2. The molecule has 0 aliphatic carbocycles. The van der Waals surface area contributed by atoms with Crippen LogP contribution in [0, 0.1) is 29.1 Å². The van der Waals surface area contributed by atoms with Gasteiger partial charge in [-0.25, -0.2) is 22.0 Å². The highest BCUT2D eigenvalue weighted by atomic mass is 35.5. The Balaban J connectivity index is 2.18. The van der Waals surface area contributed by atoms with Gasteiger partial charge < -0.3 is 4.42 Å². The minimum Gasteiger partial charge on any atom is -0.416 e. The molecule has 0 aliphatic rings. The molecule has 1 aromatic heterocycles. The van der Waals surface area contributed by atoms with Gasteiger partial charge in [-0.2, -0.15) is 0 Å². The van der Waals surface area contributed by atoms with Crippen LogP contribution in [0.1, 0.15) is 0 Å². The number of hydrogen-bond acceptors (Lipinski definition) is 3. The third-order valence-corrected chi connectivity index (χ3v) is 3.57. The lowest BCUT2D eigenvalue weighted by Gasteiger charge is -2.04. The average molecular weight is 381 g/mol. The predicted molar refractivity (Wildman–Crippen MR) is 75.0 cm³/mol. The average Bonchev–Trinajstić information content (AvgIpc) is 3.03. The summed E-state index contributed by atoms with van der Waals surface area (Å²) in [7, 11) is 0. The van der Waals surface area contributed by atoms with Gasteiger partial charge in [0.25, 0.3) is 5.89 Å². The van der Waals surface area contributed by atoms with Crippen LogP contribution < -0.4 is 0 Å². The summed E-state index contributed by atoms with van der Waals surface area (Å²) < 4.78 is 72.0. The van der Waals surface area contributed by atoms with Crippen molar-refractivity contribution < 1.29 is 26.4 Å². The summed E-state index contributed by atoms with van der Waals surface area (Å²) in [5.41, 5.74) is -1.20. The summed E-state index contributed by atoms with van der Waals surface area (Å²) in [6.07, 6.45) is 0. The standard InChI is InChI=1S/C14H3Cl2F5N2O/c15-4-1-2-6(16)5(3-4)13-22-23-14(24-13)7-8(17)10(19)12(21)11(20)9(7)18/h1-3H. The van der Waals surface area contributed by atoms with Crippen LogP contribution in [0.25, 0.3) is 22.9 Å². The Morgan fingerprint density at radius 3 is 1.92 bits per heavy atom. The van der Waals surface area contributed by atoms with Crippen molar-refractivity contribution >= 4 is 23.2 Å². The molecule has 3 rings (SSSR count). The molecule has 0 aliphatic heterocycles. The second kappa shape index (κ2) is 6.03. The van der Waals surface area contributed by atoms with Gasteiger partial charge in [0, 0.05) is 5.02 Å². The Bertz CT molecular complexity index is 932. The van der Waals surface area contributed by atoms with Crippen molar-refractivity contribution in [2.45, 2.75) is 0 Å². The van der Waals surface area contributed by atoms with Gasteiger partial charge in [-0.1, -0.05) is 23.2 Å². The maximum atomic E-state index is 13.7. The van der Waals surface area contributed by atoms with E-state index in [1.54, 1.807) is 0 Å². The van der Waals surface area contributed by atoms with E-state index in [1.807, 2.05) is 0 Å². The molecule has 0 spiro atoms. The minimum atomic E-state index is -2.29. The highest BCUT2D eigenvalue weighted by Crippen LogP contribution is 2.34. The minimum absolute atomic E-state index is 0.131. The molecule has 0 N–H and O–H groups in total. The van der Waals surface area contributed by atoms with Crippen molar-refractivity contribution in [3.8, 4) is 22.9 Å². The molecule has 0 fully saturated rings.